The molecule has 3 nitrogen and oxygen atoms in total. The number of nitrogens with two attached hydrogens (primary N) is 1. The first-order valence-electron chi connectivity index (χ1n) is 4.01. The first-order valence-corrected chi connectivity index (χ1v) is 4.01. The number of hydrogen-bond acceptors (Lipinski definition) is 3. The number of carbonyl (C=O) groups is 1. The molecule has 0 fully saturated rings. The second kappa shape index (κ2) is 4.68. The van der Waals surface area contributed by atoms with Crippen LogP contribution in [-0.2, 0) is 4.74 Å². The Hall–Kier alpha value is -1.72. The van der Waals surface area contributed by atoms with Crippen LogP contribution in [0.15, 0.2) is 18.2 Å². The molecule has 0 spiro atoms. The maximum Gasteiger partial charge on any atom is 0.341 e. The number of halogens is 3. The molecule has 0 heterocycles. The van der Waals surface area contributed by atoms with E-state index in [0.29, 0.717) is 0 Å². The van der Waals surface area contributed by atoms with Gasteiger partial charge in [-0.25, -0.2) is 18.0 Å². The van der Waals surface area contributed by atoms with Gasteiger partial charge in [0.2, 0.25) is 0 Å². The fraction of sp³-hybridized carbons (Fsp3) is 0.222. The zero-order valence-corrected chi connectivity index (χ0v) is 7.54. The molecule has 0 saturated heterocycles. The van der Waals surface area contributed by atoms with E-state index in [2.05, 4.69) is 4.74 Å². The molecule has 1 aromatic carbocycles. The molecule has 0 unspecified atom stereocenters. The highest BCUT2D eigenvalue weighted by molar-refractivity contribution is 5.90. The number of alkyl halides is 2. The van der Waals surface area contributed by atoms with Crippen molar-refractivity contribution in [3.05, 3.63) is 29.6 Å². The van der Waals surface area contributed by atoms with E-state index >= 15 is 0 Å². The summed E-state index contributed by atoms with van der Waals surface area (Å²) in [5.41, 5.74) is 4.96. The summed E-state index contributed by atoms with van der Waals surface area (Å²) < 4.78 is 40.6. The van der Waals surface area contributed by atoms with Crippen molar-refractivity contribution in [3.8, 4) is 0 Å². The molecule has 0 aromatic heterocycles. The van der Waals surface area contributed by atoms with Crippen LogP contribution in [0, 0.1) is 5.82 Å². The number of esters is 1. The highest BCUT2D eigenvalue weighted by Gasteiger charge is 2.15. The lowest BCUT2D eigenvalue weighted by Gasteiger charge is -2.05. The van der Waals surface area contributed by atoms with Gasteiger partial charge in [-0.3, -0.25) is 0 Å². The summed E-state index contributed by atoms with van der Waals surface area (Å²) in [5.74, 6) is -2.03. The molecule has 0 saturated carbocycles. The molecule has 1 aromatic rings. The molecule has 1 rings (SSSR count). The molecular weight excluding hydrogens is 211 g/mol. The van der Waals surface area contributed by atoms with Crippen molar-refractivity contribution >= 4 is 11.7 Å². The molecule has 15 heavy (non-hydrogen) atoms. The lowest BCUT2D eigenvalue weighted by molar-refractivity contribution is 0.0156. The predicted octanol–water partition coefficient (Wildman–Crippen LogP) is 1.83. The lowest BCUT2D eigenvalue weighted by Crippen LogP contribution is -2.13. The molecule has 2 N–H and O–H groups in total. The van der Waals surface area contributed by atoms with Crippen molar-refractivity contribution in [2.24, 2.45) is 0 Å². The largest absolute Gasteiger partial charge is 0.456 e. The molecular formula is C9H8F3NO2. The number of rotatable bonds is 3. The maximum atomic E-state index is 13.1. The quantitative estimate of drug-likeness (QED) is 0.623. The second-order valence-electron chi connectivity index (χ2n) is 2.73. The predicted molar refractivity (Wildman–Crippen MR) is 47.1 cm³/mol. The summed E-state index contributed by atoms with van der Waals surface area (Å²) in [6.45, 7) is -1.05. The summed E-state index contributed by atoms with van der Waals surface area (Å²) in [5, 5.41) is 0. The number of carbonyl (C=O) groups excluding carboxylic acids is 1. The first kappa shape index (κ1) is 11.4. The topological polar surface area (TPSA) is 52.3 Å². The Morgan fingerprint density at radius 2 is 2.13 bits per heavy atom. The number of nitrogen functional groups attached to an aromatic ring is 1. The Morgan fingerprint density at radius 3 is 2.67 bits per heavy atom. The van der Waals surface area contributed by atoms with Crippen molar-refractivity contribution in [1.29, 1.82) is 0 Å². The molecule has 0 aliphatic heterocycles. The number of benzene rings is 1. The van der Waals surface area contributed by atoms with Gasteiger partial charge in [-0.2, -0.15) is 0 Å². The van der Waals surface area contributed by atoms with Crippen molar-refractivity contribution in [3.63, 3.8) is 0 Å². The number of ether oxygens (including phenoxy) is 1. The van der Waals surface area contributed by atoms with Crippen molar-refractivity contribution < 1.29 is 22.7 Å². The van der Waals surface area contributed by atoms with Gasteiger partial charge in [0.15, 0.2) is 6.61 Å². The van der Waals surface area contributed by atoms with Crippen LogP contribution in [0.1, 0.15) is 10.4 Å². The minimum atomic E-state index is -2.77. The highest BCUT2D eigenvalue weighted by atomic mass is 19.3. The van der Waals surface area contributed by atoms with Crippen LogP contribution < -0.4 is 5.73 Å². The van der Waals surface area contributed by atoms with Gasteiger partial charge in [-0.15, -0.1) is 0 Å². The molecule has 6 heteroatoms. The monoisotopic (exact) mass is 219 g/mol. The molecule has 82 valence electrons. The molecule has 0 radical (unpaired) electrons. The van der Waals surface area contributed by atoms with Crippen molar-refractivity contribution in [2.45, 2.75) is 6.43 Å². The smallest absolute Gasteiger partial charge is 0.341 e. The Morgan fingerprint density at radius 1 is 1.47 bits per heavy atom. The Labute approximate surface area is 83.6 Å². The lowest BCUT2D eigenvalue weighted by atomic mass is 10.2. The van der Waals surface area contributed by atoms with E-state index in [4.69, 9.17) is 5.73 Å². The average molecular weight is 219 g/mol. The van der Waals surface area contributed by atoms with Crippen LogP contribution in [0.3, 0.4) is 0 Å². The van der Waals surface area contributed by atoms with Gasteiger partial charge in [-0.1, -0.05) is 0 Å². The third-order valence-electron chi connectivity index (χ3n) is 1.55. The van der Waals surface area contributed by atoms with Gasteiger partial charge < -0.3 is 10.5 Å². The van der Waals surface area contributed by atoms with E-state index in [9.17, 15) is 18.0 Å². The molecule has 0 aliphatic rings. The third kappa shape index (κ3) is 3.16. The van der Waals surface area contributed by atoms with E-state index in [1.54, 1.807) is 0 Å². The van der Waals surface area contributed by atoms with Gasteiger partial charge >= 0.3 is 5.97 Å². The molecule has 0 amide bonds. The fourth-order valence-corrected chi connectivity index (χ4v) is 0.913. The SMILES string of the molecule is Nc1ccc(C(=O)OCC(F)F)c(F)c1. The molecule has 0 aliphatic carbocycles. The zero-order chi connectivity index (χ0) is 11.4. The van der Waals surface area contributed by atoms with Crippen LogP contribution in [0.2, 0.25) is 0 Å². The Balaban J connectivity index is 2.74. The standard InChI is InChI=1S/C9H8F3NO2/c10-7-3-5(13)1-2-6(7)9(14)15-4-8(11)12/h1-3,8H,4,13H2. The van der Waals surface area contributed by atoms with Gasteiger partial charge in [-0.05, 0) is 18.2 Å². The summed E-state index contributed by atoms with van der Waals surface area (Å²) >= 11 is 0. The van der Waals surface area contributed by atoms with Gasteiger partial charge in [0.25, 0.3) is 6.43 Å². The van der Waals surface area contributed by atoms with Crippen molar-refractivity contribution in [2.75, 3.05) is 12.3 Å². The van der Waals surface area contributed by atoms with E-state index in [-0.39, 0.29) is 5.69 Å². The van der Waals surface area contributed by atoms with Crippen LogP contribution in [0.4, 0.5) is 18.9 Å². The first-order chi connectivity index (χ1) is 7.00. The number of hydrogen-bond donors (Lipinski definition) is 1. The average Bonchev–Trinajstić information content (AvgIpc) is 2.14. The highest BCUT2D eigenvalue weighted by Crippen LogP contribution is 2.13. The summed E-state index contributed by atoms with van der Waals surface area (Å²) in [4.78, 5) is 11.0. The summed E-state index contributed by atoms with van der Waals surface area (Å²) in [6, 6.07) is 3.28. The van der Waals surface area contributed by atoms with Crippen molar-refractivity contribution in [1.82, 2.24) is 0 Å². The van der Waals surface area contributed by atoms with Crippen LogP contribution >= 0.6 is 0 Å². The summed E-state index contributed by atoms with van der Waals surface area (Å²) in [7, 11) is 0. The molecule has 0 atom stereocenters. The minimum Gasteiger partial charge on any atom is -0.456 e. The summed E-state index contributed by atoms with van der Waals surface area (Å²) in [6.07, 6.45) is -2.77. The van der Waals surface area contributed by atoms with Gasteiger partial charge in [0.05, 0.1) is 5.56 Å². The van der Waals surface area contributed by atoms with Crippen LogP contribution in [-0.4, -0.2) is 19.0 Å². The normalized spacial score (nSPS) is 10.4. The van der Waals surface area contributed by atoms with Crippen LogP contribution in [0.5, 0.6) is 0 Å². The van der Waals surface area contributed by atoms with E-state index in [1.165, 1.54) is 6.07 Å². The second-order valence-corrected chi connectivity index (χ2v) is 2.73. The molecule has 0 bridgehead atoms. The minimum absolute atomic E-state index is 0.137. The Kier molecular flexibility index (Phi) is 3.54. The van der Waals surface area contributed by atoms with E-state index < -0.39 is 30.4 Å². The number of anilines is 1. The van der Waals surface area contributed by atoms with Gasteiger partial charge in [0, 0.05) is 5.69 Å². The van der Waals surface area contributed by atoms with E-state index in [1.807, 2.05) is 0 Å². The Bertz CT molecular complexity index is 368. The fourth-order valence-electron chi connectivity index (χ4n) is 0.913. The van der Waals surface area contributed by atoms with E-state index in [0.717, 1.165) is 12.1 Å². The van der Waals surface area contributed by atoms with Gasteiger partial charge in [0.1, 0.15) is 5.82 Å². The van der Waals surface area contributed by atoms with Crippen LogP contribution in [0.25, 0.3) is 0 Å². The maximum absolute atomic E-state index is 13.1. The third-order valence-corrected chi connectivity index (χ3v) is 1.55. The zero-order valence-electron chi connectivity index (χ0n) is 7.54.